The Morgan fingerprint density at radius 2 is 1.06 bits per heavy atom. The van der Waals surface area contributed by atoms with Gasteiger partial charge in [-0.25, -0.2) is 16.8 Å². The largest absolute Gasteiger partial charge is 0.741 e. The third-order valence-corrected chi connectivity index (χ3v) is 7.79. The predicted molar refractivity (Wildman–Crippen MR) is 95.2 cm³/mol. The Labute approximate surface area is 193 Å². The zero-order valence-electron chi connectivity index (χ0n) is 16.1. The predicted octanol–water partition coefficient (Wildman–Crippen LogP) is 3.66. The van der Waals surface area contributed by atoms with Gasteiger partial charge in [0.1, 0.15) is 0 Å². The van der Waals surface area contributed by atoms with Gasteiger partial charge in [-0.15, -0.1) is 0 Å². The van der Waals surface area contributed by atoms with Crippen LogP contribution in [0.5, 0.6) is 0 Å². The molecule has 16 heteroatoms. The van der Waals surface area contributed by atoms with Crippen LogP contribution in [0.1, 0.15) is 25.7 Å². The van der Waals surface area contributed by atoms with E-state index in [2.05, 4.69) is 36.5 Å². The van der Waals surface area contributed by atoms with Crippen LogP contribution < -0.4 is 0 Å². The Morgan fingerprint density at radius 3 is 1.22 bits per heavy atom. The summed E-state index contributed by atoms with van der Waals surface area (Å²) >= 11 is -0.312. The van der Waals surface area contributed by atoms with Gasteiger partial charge in [-0.2, -0.15) is 26.3 Å². The SMILES string of the molecule is C1=CC[C]([Zr+2][C]2=CC=CC2)=C1.C1CCOC1.O=S(=O)([O-])C(F)(F)F.O=S(=O)([O-])C(F)(F)F. The van der Waals surface area contributed by atoms with Crippen LogP contribution in [0, 0.1) is 0 Å². The molecule has 1 saturated heterocycles. The molecular formula is C16H18F6O7S2Zr. The van der Waals surface area contributed by atoms with E-state index in [1.165, 1.54) is 25.7 Å². The molecule has 2 aliphatic carbocycles. The fraction of sp³-hybridized carbons (Fsp3) is 0.500. The standard InChI is InChI=1S/2C5H5.C4H8O.2CHF3O3S.Zr/c3*1-2-4-5-3-1;2*2-1(3,4)8(5,6)7;/h2*1-3H,4H2;1-4H2;2*(H,5,6,7);/q;;;;;+2/p-2. The molecule has 0 amide bonds. The Kier molecular flexibility index (Phi) is 13.5. The van der Waals surface area contributed by atoms with E-state index >= 15 is 0 Å². The van der Waals surface area contributed by atoms with Gasteiger partial charge >= 0.3 is 90.1 Å². The van der Waals surface area contributed by atoms with Crippen molar-refractivity contribution in [2.45, 2.75) is 36.7 Å². The third kappa shape index (κ3) is 14.4. The smallest absolute Gasteiger partial charge is 0.485 e. The van der Waals surface area contributed by atoms with Gasteiger partial charge < -0.3 is 13.8 Å². The van der Waals surface area contributed by atoms with Crippen LogP contribution in [0.3, 0.4) is 0 Å². The van der Waals surface area contributed by atoms with Crippen LogP contribution in [0.15, 0.2) is 43.0 Å². The maximum atomic E-state index is 10.7. The minimum atomic E-state index is -6.09. The van der Waals surface area contributed by atoms with Crippen molar-refractivity contribution in [3.8, 4) is 0 Å². The molecule has 0 N–H and O–H groups in total. The van der Waals surface area contributed by atoms with Crippen molar-refractivity contribution in [2.24, 2.45) is 0 Å². The van der Waals surface area contributed by atoms with Gasteiger partial charge in [0.15, 0.2) is 20.2 Å². The number of halogens is 6. The van der Waals surface area contributed by atoms with Gasteiger partial charge in [0, 0.05) is 13.2 Å². The van der Waals surface area contributed by atoms with E-state index in [1.807, 2.05) is 0 Å². The second-order valence-electron chi connectivity index (χ2n) is 5.89. The Morgan fingerprint density at radius 1 is 0.750 bits per heavy atom. The molecule has 7 nitrogen and oxygen atoms in total. The summed E-state index contributed by atoms with van der Waals surface area (Å²) in [6.45, 7) is 2.00. The summed E-state index contributed by atoms with van der Waals surface area (Å²) < 4.78 is 126. The molecule has 0 spiro atoms. The molecule has 3 aliphatic rings. The van der Waals surface area contributed by atoms with Crippen molar-refractivity contribution in [1.29, 1.82) is 0 Å². The van der Waals surface area contributed by atoms with E-state index in [0.717, 1.165) is 13.2 Å². The summed E-state index contributed by atoms with van der Waals surface area (Å²) in [6, 6.07) is 0. The maximum Gasteiger partial charge on any atom is 0.485 e. The first-order chi connectivity index (χ1) is 14.4. The third-order valence-electron chi connectivity index (χ3n) is 3.26. The van der Waals surface area contributed by atoms with Gasteiger partial charge in [-0.1, -0.05) is 0 Å². The average Bonchev–Trinajstić information content (AvgIpc) is 3.39. The van der Waals surface area contributed by atoms with E-state index in [4.69, 9.17) is 30.7 Å². The molecule has 1 aliphatic heterocycles. The van der Waals surface area contributed by atoms with Crippen LogP contribution >= 0.6 is 0 Å². The minimum absolute atomic E-state index is 0.312. The molecule has 182 valence electrons. The molecule has 3 rings (SSSR count). The number of allylic oxidation sites excluding steroid dienone is 8. The topological polar surface area (TPSA) is 124 Å². The molecule has 0 bridgehead atoms. The monoisotopic (exact) mass is 590 g/mol. The van der Waals surface area contributed by atoms with E-state index < -0.39 is 31.3 Å². The summed E-state index contributed by atoms with van der Waals surface area (Å²) in [5.41, 5.74) is -11.3. The van der Waals surface area contributed by atoms with Crippen molar-refractivity contribution in [3.63, 3.8) is 0 Å². The summed E-state index contributed by atoms with van der Waals surface area (Å²) in [4.78, 5) is 0. The van der Waals surface area contributed by atoms with Crippen molar-refractivity contribution in [1.82, 2.24) is 0 Å². The van der Waals surface area contributed by atoms with Crippen LogP contribution in [0.4, 0.5) is 26.3 Å². The molecule has 0 unspecified atom stereocenters. The number of alkyl halides is 6. The first kappa shape index (κ1) is 31.2. The fourth-order valence-electron chi connectivity index (χ4n) is 1.80. The normalized spacial score (nSPS) is 17.6. The van der Waals surface area contributed by atoms with Gasteiger partial charge in [-0.3, -0.25) is 0 Å². The molecule has 0 atom stereocenters. The first-order valence-electron chi connectivity index (χ1n) is 8.55. The molecule has 1 fully saturated rings. The van der Waals surface area contributed by atoms with Crippen LogP contribution in [0.2, 0.25) is 0 Å². The van der Waals surface area contributed by atoms with Crippen molar-refractivity contribution < 1.29 is 80.3 Å². The number of rotatable bonds is 2. The van der Waals surface area contributed by atoms with Crippen molar-refractivity contribution in [3.05, 3.63) is 43.0 Å². The number of hydrogen-bond acceptors (Lipinski definition) is 7. The van der Waals surface area contributed by atoms with Gasteiger partial charge in [0.05, 0.1) is 0 Å². The zero-order chi connectivity index (χ0) is 25.1. The Hall–Kier alpha value is -0.797. The molecule has 1 heterocycles. The van der Waals surface area contributed by atoms with Crippen molar-refractivity contribution in [2.75, 3.05) is 13.2 Å². The Bertz CT molecular complexity index is 836. The number of ether oxygens (including phenoxy) is 1. The summed E-state index contributed by atoms with van der Waals surface area (Å²) in [5, 5.41) is 0. The second kappa shape index (κ2) is 13.8. The summed E-state index contributed by atoms with van der Waals surface area (Å²) in [5.74, 6) is 0. The fourth-order valence-corrected chi connectivity index (χ4v) is 4.77. The molecule has 0 radical (unpaired) electrons. The summed E-state index contributed by atoms with van der Waals surface area (Å²) in [6.07, 6.45) is 18.6. The van der Waals surface area contributed by atoms with Gasteiger partial charge in [-0.05, 0) is 12.8 Å². The first-order valence-corrected chi connectivity index (χ1v) is 13.8. The van der Waals surface area contributed by atoms with Crippen molar-refractivity contribution >= 4 is 20.2 Å². The Balaban J connectivity index is 0.000000415. The van der Waals surface area contributed by atoms with Crippen LogP contribution in [-0.2, 0) is 48.2 Å². The zero-order valence-corrected chi connectivity index (χ0v) is 20.2. The molecule has 0 aromatic rings. The molecule has 0 saturated carbocycles. The van der Waals surface area contributed by atoms with Crippen LogP contribution in [0.25, 0.3) is 0 Å². The minimum Gasteiger partial charge on any atom is -0.741 e. The average molecular weight is 592 g/mol. The molecular weight excluding hydrogens is 574 g/mol. The van der Waals surface area contributed by atoms with E-state index in [-0.39, 0.29) is 23.2 Å². The molecule has 0 aromatic heterocycles. The summed E-state index contributed by atoms with van der Waals surface area (Å²) in [7, 11) is -12.2. The van der Waals surface area contributed by atoms with E-state index in [1.54, 1.807) is 6.56 Å². The molecule has 0 aromatic carbocycles. The van der Waals surface area contributed by atoms with Gasteiger partial charge in [0.2, 0.25) is 0 Å². The van der Waals surface area contributed by atoms with Crippen LogP contribution in [-0.4, -0.2) is 50.2 Å². The second-order valence-corrected chi connectivity index (χ2v) is 12.4. The quantitative estimate of drug-likeness (QED) is 0.273. The molecule has 32 heavy (non-hydrogen) atoms. The van der Waals surface area contributed by atoms with E-state index in [9.17, 15) is 26.3 Å². The van der Waals surface area contributed by atoms with Gasteiger partial charge in [0.25, 0.3) is 0 Å². The van der Waals surface area contributed by atoms with E-state index in [0.29, 0.717) is 0 Å². The number of hydrogen-bond donors (Lipinski definition) is 0. The maximum absolute atomic E-state index is 10.7.